The van der Waals surface area contributed by atoms with Crippen molar-refractivity contribution in [3.8, 4) is 0 Å². The van der Waals surface area contributed by atoms with Crippen LogP contribution in [0.25, 0.3) is 0 Å². The number of benzene rings is 2. The summed E-state index contributed by atoms with van der Waals surface area (Å²) in [6.45, 7) is 3.41. The lowest BCUT2D eigenvalue weighted by molar-refractivity contribution is -0.139. The number of carbonyl (C=O) groups excluding carboxylic acids is 2. The quantitative estimate of drug-likeness (QED) is 0.359. The normalized spacial score (nSPS) is 12.2. The first-order valence-electron chi connectivity index (χ1n) is 10.8. The molecule has 2 aromatic rings. The lowest BCUT2D eigenvalue weighted by Gasteiger charge is -2.31. The number of anilines is 1. The van der Waals surface area contributed by atoms with E-state index in [1.165, 1.54) is 29.2 Å². The molecule has 7 nitrogen and oxygen atoms in total. The highest BCUT2D eigenvalue weighted by molar-refractivity contribution is 7.92. The van der Waals surface area contributed by atoms with E-state index in [0.717, 1.165) is 23.4 Å². The van der Waals surface area contributed by atoms with Crippen LogP contribution in [0, 0.1) is 0 Å². The highest BCUT2D eigenvalue weighted by Crippen LogP contribution is 2.28. The van der Waals surface area contributed by atoms with E-state index in [2.05, 4.69) is 5.32 Å². The van der Waals surface area contributed by atoms with Gasteiger partial charge >= 0.3 is 0 Å². The standard InChI is InChI=1S/C23H27Cl4N3O4S/c1-4-5-8-28-23(32)15(2)29(13-16-6-7-17(24)12-21(16)27)22(31)14-30(35(3,33)34)20-10-18(25)9-19(26)11-20/h6-7,9-12,15H,4-5,8,13-14H2,1-3H3,(H,28,32). The molecule has 2 rings (SSSR count). The second-order valence-corrected chi connectivity index (χ2v) is 11.6. The molecule has 1 N–H and O–H groups in total. The molecule has 0 saturated carbocycles. The zero-order valence-corrected chi connectivity index (χ0v) is 23.4. The Morgan fingerprint density at radius 3 is 2.17 bits per heavy atom. The molecule has 0 spiro atoms. The predicted octanol–water partition coefficient (Wildman–Crippen LogP) is 5.40. The van der Waals surface area contributed by atoms with Crippen molar-refractivity contribution in [3.63, 3.8) is 0 Å². The number of amides is 2. The number of nitrogens with zero attached hydrogens (tertiary/aromatic N) is 2. The average Bonchev–Trinajstić information content (AvgIpc) is 2.75. The van der Waals surface area contributed by atoms with Gasteiger partial charge in [0.15, 0.2) is 0 Å². The number of halogens is 4. The van der Waals surface area contributed by atoms with Crippen molar-refractivity contribution in [1.29, 1.82) is 0 Å². The molecule has 2 amide bonds. The lowest BCUT2D eigenvalue weighted by Crippen LogP contribution is -2.51. The van der Waals surface area contributed by atoms with Crippen molar-refractivity contribution in [2.45, 2.75) is 39.3 Å². The summed E-state index contributed by atoms with van der Waals surface area (Å²) in [5.41, 5.74) is 0.678. The molecule has 12 heteroatoms. The zero-order valence-electron chi connectivity index (χ0n) is 19.5. The van der Waals surface area contributed by atoms with Crippen LogP contribution >= 0.6 is 46.4 Å². The number of rotatable bonds is 11. The first-order valence-corrected chi connectivity index (χ1v) is 14.1. The predicted molar refractivity (Wildman–Crippen MR) is 143 cm³/mol. The topological polar surface area (TPSA) is 86.8 Å². The largest absolute Gasteiger partial charge is 0.354 e. The maximum atomic E-state index is 13.5. The third-order valence-electron chi connectivity index (χ3n) is 5.17. The Kier molecular flexibility index (Phi) is 11.0. The smallest absolute Gasteiger partial charge is 0.244 e. The van der Waals surface area contributed by atoms with Crippen LogP contribution in [0.15, 0.2) is 36.4 Å². The van der Waals surface area contributed by atoms with Gasteiger partial charge in [-0.05, 0) is 49.2 Å². The van der Waals surface area contributed by atoms with E-state index in [1.54, 1.807) is 19.1 Å². The van der Waals surface area contributed by atoms with Crippen LogP contribution in [0.4, 0.5) is 5.69 Å². The number of hydrogen-bond donors (Lipinski definition) is 1. The molecule has 0 bridgehead atoms. The number of sulfonamides is 1. The minimum absolute atomic E-state index is 0.0366. The molecule has 0 saturated heterocycles. The molecule has 1 atom stereocenters. The molecule has 35 heavy (non-hydrogen) atoms. The molecule has 0 fully saturated rings. The van der Waals surface area contributed by atoms with Crippen molar-refractivity contribution in [2.24, 2.45) is 0 Å². The van der Waals surface area contributed by atoms with Gasteiger partial charge in [-0.3, -0.25) is 13.9 Å². The van der Waals surface area contributed by atoms with Gasteiger partial charge in [-0.1, -0.05) is 65.8 Å². The van der Waals surface area contributed by atoms with Crippen molar-refractivity contribution < 1.29 is 18.0 Å². The molecule has 192 valence electrons. The van der Waals surface area contributed by atoms with E-state index in [-0.39, 0.29) is 28.2 Å². The second kappa shape index (κ2) is 13.0. The van der Waals surface area contributed by atoms with Gasteiger partial charge in [0, 0.05) is 33.2 Å². The Morgan fingerprint density at radius 2 is 1.63 bits per heavy atom. The van der Waals surface area contributed by atoms with Gasteiger partial charge in [0.2, 0.25) is 21.8 Å². The third kappa shape index (κ3) is 8.72. The Bertz CT molecular complexity index is 1160. The third-order valence-corrected chi connectivity index (χ3v) is 7.33. The molecular formula is C23H27Cl4N3O4S. The number of hydrogen-bond acceptors (Lipinski definition) is 4. The highest BCUT2D eigenvalue weighted by atomic mass is 35.5. The Labute approximate surface area is 226 Å². The van der Waals surface area contributed by atoms with Gasteiger partial charge < -0.3 is 10.2 Å². The maximum Gasteiger partial charge on any atom is 0.244 e. The molecule has 0 radical (unpaired) electrons. The summed E-state index contributed by atoms with van der Waals surface area (Å²) in [4.78, 5) is 27.6. The molecule has 1 unspecified atom stereocenters. The first-order chi connectivity index (χ1) is 16.3. The summed E-state index contributed by atoms with van der Waals surface area (Å²) in [5.74, 6) is -0.982. The van der Waals surface area contributed by atoms with Crippen LogP contribution in [-0.4, -0.2) is 50.5 Å². The number of nitrogens with one attached hydrogen (secondary N) is 1. The van der Waals surface area contributed by atoms with E-state index in [1.807, 2.05) is 6.92 Å². The molecule has 0 aromatic heterocycles. The average molecular weight is 583 g/mol. The van der Waals surface area contributed by atoms with Crippen LogP contribution < -0.4 is 9.62 Å². The summed E-state index contributed by atoms with van der Waals surface area (Å²) < 4.78 is 26.1. The summed E-state index contributed by atoms with van der Waals surface area (Å²) >= 11 is 24.4. The van der Waals surface area contributed by atoms with Gasteiger partial charge in [0.05, 0.1) is 11.9 Å². The molecule has 0 aliphatic carbocycles. The van der Waals surface area contributed by atoms with E-state index >= 15 is 0 Å². The van der Waals surface area contributed by atoms with Crippen molar-refractivity contribution in [3.05, 3.63) is 62.1 Å². The van der Waals surface area contributed by atoms with E-state index < -0.39 is 28.5 Å². The first kappa shape index (κ1) is 29.5. The lowest BCUT2D eigenvalue weighted by atomic mass is 10.1. The molecule has 0 aliphatic rings. The van der Waals surface area contributed by atoms with Gasteiger partial charge in [-0.15, -0.1) is 0 Å². The summed E-state index contributed by atoms with van der Waals surface area (Å²) in [6.07, 6.45) is 2.65. The zero-order chi connectivity index (χ0) is 26.3. The van der Waals surface area contributed by atoms with Gasteiger partial charge in [0.1, 0.15) is 12.6 Å². The van der Waals surface area contributed by atoms with Gasteiger partial charge in [0.25, 0.3) is 0 Å². The van der Waals surface area contributed by atoms with Crippen molar-refractivity contribution in [2.75, 3.05) is 23.7 Å². The number of unbranched alkanes of at least 4 members (excludes halogenated alkanes) is 1. The molecular weight excluding hydrogens is 556 g/mol. The molecule has 0 heterocycles. The number of carbonyl (C=O) groups is 2. The van der Waals surface area contributed by atoms with E-state index in [4.69, 9.17) is 46.4 Å². The van der Waals surface area contributed by atoms with Gasteiger partial charge in [-0.2, -0.15) is 0 Å². The SMILES string of the molecule is CCCCNC(=O)C(C)N(Cc1ccc(Cl)cc1Cl)C(=O)CN(c1cc(Cl)cc(Cl)c1)S(C)(=O)=O. The minimum atomic E-state index is -3.91. The maximum absolute atomic E-state index is 13.5. The fraction of sp³-hybridized carbons (Fsp3) is 0.391. The minimum Gasteiger partial charge on any atom is -0.354 e. The van der Waals surface area contributed by atoms with Crippen LogP contribution in [0.5, 0.6) is 0 Å². The Hall–Kier alpha value is -1.71. The van der Waals surface area contributed by atoms with E-state index in [0.29, 0.717) is 22.2 Å². The van der Waals surface area contributed by atoms with Crippen LogP contribution in [0.1, 0.15) is 32.3 Å². The second-order valence-electron chi connectivity index (χ2n) is 7.98. The van der Waals surface area contributed by atoms with Crippen molar-refractivity contribution >= 4 is 73.9 Å². The molecule has 2 aromatic carbocycles. The Morgan fingerprint density at radius 1 is 1.00 bits per heavy atom. The highest BCUT2D eigenvalue weighted by Gasteiger charge is 2.30. The molecule has 0 aliphatic heterocycles. The van der Waals surface area contributed by atoms with Crippen LogP contribution in [0.2, 0.25) is 20.1 Å². The van der Waals surface area contributed by atoms with Gasteiger partial charge in [-0.25, -0.2) is 8.42 Å². The monoisotopic (exact) mass is 581 g/mol. The Balaban J connectivity index is 2.42. The fourth-order valence-corrected chi connectivity index (χ4v) is 5.07. The van der Waals surface area contributed by atoms with Crippen LogP contribution in [-0.2, 0) is 26.2 Å². The van der Waals surface area contributed by atoms with Crippen molar-refractivity contribution in [1.82, 2.24) is 10.2 Å². The summed E-state index contributed by atoms with van der Waals surface area (Å²) in [6, 6.07) is 8.13. The summed E-state index contributed by atoms with van der Waals surface area (Å²) in [5, 5.41) is 3.96. The summed E-state index contributed by atoms with van der Waals surface area (Å²) in [7, 11) is -3.91. The van der Waals surface area contributed by atoms with Crippen LogP contribution in [0.3, 0.4) is 0 Å². The fourth-order valence-electron chi connectivity index (χ4n) is 3.25. The van der Waals surface area contributed by atoms with E-state index in [9.17, 15) is 18.0 Å².